The first-order valence-electron chi connectivity index (χ1n) is 10.7. The maximum atomic E-state index is 12.6. The zero-order valence-electron chi connectivity index (χ0n) is 17.5. The third-order valence-corrected chi connectivity index (χ3v) is 6.57. The lowest BCUT2D eigenvalue weighted by Crippen LogP contribution is -2.37. The molecule has 0 bridgehead atoms. The van der Waals surface area contributed by atoms with E-state index >= 15 is 0 Å². The van der Waals surface area contributed by atoms with Gasteiger partial charge in [0.15, 0.2) is 16.1 Å². The van der Waals surface area contributed by atoms with E-state index in [2.05, 4.69) is 30.9 Å². The molecule has 172 valence electrons. The lowest BCUT2D eigenvalue weighted by atomic mass is 9.99. The van der Waals surface area contributed by atoms with Gasteiger partial charge in [0.2, 0.25) is 5.91 Å². The molecule has 0 radical (unpaired) electrons. The number of carbonyl (C=O) groups excluding carboxylic acids is 1. The smallest absolute Gasteiger partial charge is 0.229 e. The normalized spacial score (nSPS) is 19.5. The average Bonchev–Trinajstić information content (AvgIpc) is 2.81. The summed E-state index contributed by atoms with van der Waals surface area (Å²) in [5.41, 5.74) is 0.884. The van der Waals surface area contributed by atoms with Crippen LogP contribution in [0.25, 0.3) is 11.3 Å². The average molecular weight is 500 g/mol. The molecule has 2 aromatic rings. The maximum Gasteiger partial charge on any atom is 0.229 e. The number of pyridine rings is 1. The molecular weight excluding hydrogens is 475 g/mol. The van der Waals surface area contributed by atoms with Crippen LogP contribution in [0.5, 0.6) is 0 Å². The molecule has 0 aromatic carbocycles. The molecular formula is C21H25Cl3N6O2. The first-order valence-corrected chi connectivity index (χ1v) is 11.9. The van der Waals surface area contributed by atoms with E-state index in [-0.39, 0.29) is 22.1 Å². The first-order chi connectivity index (χ1) is 15.5. The molecule has 8 nitrogen and oxygen atoms in total. The van der Waals surface area contributed by atoms with Crippen molar-refractivity contribution >= 4 is 52.3 Å². The highest BCUT2D eigenvalue weighted by Gasteiger charge is 2.23. The number of rotatable bonds is 6. The molecule has 2 aliphatic heterocycles. The van der Waals surface area contributed by atoms with Crippen molar-refractivity contribution in [1.29, 1.82) is 0 Å². The molecule has 11 heteroatoms. The lowest BCUT2D eigenvalue weighted by Gasteiger charge is -2.22. The second kappa shape index (κ2) is 10.9. The SMILES string of the molecule is O=C(Nc1cc(-c2nc(NCC3CCOCC3)c(Cl)nc2Cl)c(Cl)cn1)[C@@H]1CCCNC1. The molecule has 32 heavy (non-hydrogen) atoms. The molecule has 0 unspecified atom stereocenters. The van der Waals surface area contributed by atoms with E-state index < -0.39 is 0 Å². The zero-order valence-corrected chi connectivity index (χ0v) is 19.7. The molecule has 4 rings (SSSR count). The fourth-order valence-corrected chi connectivity index (χ4v) is 4.52. The van der Waals surface area contributed by atoms with Gasteiger partial charge < -0.3 is 20.7 Å². The third kappa shape index (κ3) is 5.80. The second-order valence-corrected chi connectivity index (χ2v) is 9.14. The van der Waals surface area contributed by atoms with E-state index in [0.717, 1.165) is 45.4 Å². The van der Waals surface area contributed by atoms with Crippen LogP contribution >= 0.6 is 34.8 Å². The number of anilines is 2. The van der Waals surface area contributed by atoms with E-state index in [1.54, 1.807) is 6.07 Å². The summed E-state index contributed by atoms with van der Waals surface area (Å²) in [5, 5.41) is 10.0. The lowest BCUT2D eigenvalue weighted by molar-refractivity contribution is -0.120. The van der Waals surface area contributed by atoms with Gasteiger partial charge in [-0.3, -0.25) is 4.79 Å². The Morgan fingerprint density at radius 3 is 2.72 bits per heavy atom. The van der Waals surface area contributed by atoms with Crippen LogP contribution in [0.15, 0.2) is 12.3 Å². The summed E-state index contributed by atoms with van der Waals surface area (Å²) < 4.78 is 5.41. The number of halogens is 3. The summed E-state index contributed by atoms with van der Waals surface area (Å²) in [5.74, 6) is 1.12. The van der Waals surface area contributed by atoms with Crippen LogP contribution in [0.2, 0.25) is 15.3 Å². The van der Waals surface area contributed by atoms with Crippen molar-refractivity contribution in [3.63, 3.8) is 0 Å². The number of aromatic nitrogens is 3. The van der Waals surface area contributed by atoms with E-state index in [4.69, 9.17) is 39.5 Å². The van der Waals surface area contributed by atoms with E-state index in [9.17, 15) is 4.79 Å². The zero-order chi connectivity index (χ0) is 22.5. The standard InChI is InChI=1S/C21H25Cl3N6O2/c22-15-11-26-16(28-21(31)13-2-1-5-25-10-13)8-14(15)17-18(23)30-19(24)20(29-17)27-9-12-3-6-32-7-4-12/h8,11-13,25H,1-7,9-10H2,(H,27,29)(H,26,28,31)/t13-/m1/s1. The number of hydrogen-bond acceptors (Lipinski definition) is 7. The highest BCUT2D eigenvalue weighted by molar-refractivity contribution is 6.37. The van der Waals surface area contributed by atoms with Gasteiger partial charge in [0.05, 0.1) is 10.9 Å². The number of carbonyl (C=O) groups is 1. The Morgan fingerprint density at radius 1 is 1.16 bits per heavy atom. The van der Waals surface area contributed by atoms with E-state index in [0.29, 0.717) is 46.9 Å². The fourth-order valence-electron chi connectivity index (χ4n) is 3.86. The van der Waals surface area contributed by atoms with Gasteiger partial charge in [0.1, 0.15) is 11.5 Å². The highest BCUT2D eigenvalue weighted by atomic mass is 35.5. The number of piperidine rings is 1. The van der Waals surface area contributed by atoms with Gasteiger partial charge in [0, 0.05) is 38.1 Å². The predicted molar refractivity (Wildman–Crippen MR) is 127 cm³/mol. The van der Waals surface area contributed by atoms with Crippen LogP contribution in [0.4, 0.5) is 11.6 Å². The Balaban J connectivity index is 1.53. The maximum absolute atomic E-state index is 12.6. The molecule has 2 saturated heterocycles. The van der Waals surface area contributed by atoms with Crippen molar-refractivity contribution in [3.05, 3.63) is 27.6 Å². The van der Waals surface area contributed by atoms with Gasteiger partial charge in [-0.15, -0.1) is 0 Å². The second-order valence-electron chi connectivity index (χ2n) is 8.02. The Labute approximate surface area is 201 Å². The summed E-state index contributed by atoms with van der Waals surface area (Å²) >= 11 is 19.0. The predicted octanol–water partition coefficient (Wildman–Crippen LogP) is 4.28. The number of nitrogens with one attached hydrogen (secondary N) is 3. The Kier molecular flexibility index (Phi) is 8.02. The molecule has 0 spiro atoms. The first kappa shape index (κ1) is 23.4. The van der Waals surface area contributed by atoms with Crippen molar-refractivity contribution in [3.8, 4) is 11.3 Å². The van der Waals surface area contributed by atoms with Crippen molar-refractivity contribution in [2.24, 2.45) is 11.8 Å². The summed E-state index contributed by atoms with van der Waals surface area (Å²) in [6, 6.07) is 1.66. The minimum atomic E-state index is -0.0930. The Bertz CT molecular complexity index is 965. The van der Waals surface area contributed by atoms with Gasteiger partial charge in [0.25, 0.3) is 0 Å². The largest absolute Gasteiger partial charge is 0.381 e. The van der Waals surface area contributed by atoms with Gasteiger partial charge in [-0.05, 0) is 44.2 Å². The highest BCUT2D eigenvalue weighted by Crippen LogP contribution is 2.35. The van der Waals surface area contributed by atoms with Crippen LogP contribution in [-0.4, -0.2) is 53.7 Å². The van der Waals surface area contributed by atoms with Crippen molar-refractivity contribution in [1.82, 2.24) is 20.3 Å². The topological polar surface area (TPSA) is 101 Å². The minimum Gasteiger partial charge on any atom is -0.381 e. The van der Waals surface area contributed by atoms with Crippen LogP contribution in [0, 0.1) is 11.8 Å². The van der Waals surface area contributed by atoms with Crippen LogP contribution in [0.1, 0.15) is 25.7 Å². The van der Waals surface area contributed by atoms with Crippen molar-refractivity contribution in [2.75, 3.05) is 43.5 Å². The fraction of sp³-hybridized carbons (Fsp3) is 0.524. The molecule has 1 atom stereocenters. The van der Waals surface area contributed by atoms with Crippen LogP contribution in [0.3, 0.4) is 0 Å². The molecule has 0 saturated carbocycles. The number of hydrogen-bond donors (Lipinski definition) is 3. The number of nitrogens with zero attached hydrogens (tertiary/aromatic N) is 3. The minimum absolute atomic E-state index is 0.0786. The molecule has 2 aromatic heterocycles. The number of ether oxygens (including phenoxy) is 1. The summed E-state index contributed by atoms with van der Waals surface area (Å²) in [6.45, 7) is 3.82. The summed E-state index contributed by atoms with van der Waals surface area (Å²) in [6.07, 6.45) is 5.24. The molecule has 0 aliphatic carbocycles. The van der Waals surface area contributed by atoms with E-state index in [1.165, 1.54) is 6.20 Å². The molecule has 3 N–H and O–H groups in total. The van der Waals surface area contributed by atoms with E-state index in [1.807, 2.05) is 0 Å². The monoisotopic (exact) mass is 498 g/mol. The molecule has 2 fully saturated rings. The number of amides is 1. The van der Waals surface area contributed by atoms with Gasteiger partial charge in [-0.1, -0.05) is 34.8 Å². The Morgan fingerprint density at radius 2 is 1.97 bits per heavy atom. The molecule has 2 aliphatic rings. The molecule has 1 amide bonds. The third-order valence-electron chi connectivity index (χ3n) is 5.74. The van der Waals surface area contributed by atoms with Gasteiger partial charge in [-0.2, -0.15) is 0 Å². The van der Waals surface area contributed by atoms with Crippen LogP contribution in [-0.2, 0) is 9.53 Å². The summed E-state index contributed by atoms with van der Waals surface area (Å²) in [7, 11) is 0. The quantitative estimate of drug-likeness (QED) is 0.545. The Hall–Kier alpha value is -1.71. The molecule has 4 heterocycles. The van der Waals surface area contributed by atoms with Gasteiger partial charge in [-0.25, -0.2) is 15.0 Å². The van der Waals surface area contributed by atoms with Crippen molar-refractivity contribution < 1.29 is 9.53 Å². The summed E-state index contributed by atoms with van der Waals surface area (Å²) in [4.78, 5) is 25.6. The van der Waals surface area contributed by atoms with Gasteiger partial charge >= 0.3 is 0 Å². The van der Waals surface area contributed by atoms with Crippen LogP contribution < -0.4 is 16.0 Å². The van der Waals surface area contributed by atoms with Crippen molar-refractivity contribution in [2.45, 2.75) is 25.7 Å².